The summed E-state index contributed by atoms with van der Waals surface area (Å²) in [5.74, 6) is 0.556. The van der Waals surface area contributed by atoms with Gasteiger partial charge in [0.05, 0.1) is 20.0 Å². The van der Waals surface area contributed by atoms with Crippen molar-refractivity contribution in [3.63, 3.8) is 0 Å². The molecule has 0 amide bonds. The Bertz CT molecular complexity index is 1460. The third-order valence-electron chi connectivity index (χ3n) is 8.43. The molecule has 0 radical (unpaired) electrons. The van der Waals surface area contributed by atoms with E-state index in [9.17, 15) is 14.2 Å². The number of fused-ring (bicyclic) bond motifs is 1. The van der Waals surface area contributed by atoms with Crippen LogP contribution in [-0.2, 0) is 44.0 Å². The minimum absolute atomic E-state index is 0.0816. The molecular weight excluding hydrogens is 649 g/mol. The third-order valence-corrected chi connectivity index (χ3v) is 11.0. The Hall–Kier alpha value is -3.23. The lowest BCUT2D eigenvalue weighted by Crippen LogP contribution is -2.32. The normalized spacial score (nSPS) is 18.7. The van der Waals surface area contributed by atoms with Crippen molar-refractivity contribution in [2.24, 2.45) is 11.8 Å². The second-order valence-corrected chi connectivity index (χ2v) is 14.6. The molecule has 47 heavy (non-hydrogen) atoms. The second kappa shape index (κ2) is 17.3. The summed E-state index contributed by atoms with van der Waals surface area (Å²) < 4.78 is 49.8. The van der Waals surface area contributed by atoms with Crippen LogP contribution in [0.25, 0.3) is 11.2 Å². The number of hydrogen-bond acceptors (Lipinski definition) is 14. The predicted molar refractivity (Wildman–Crippen MR) is 172 cm³/mol. The number of hydrogen-bond donors (Lipinski definition) is 1. The summed E-state index contributed by atoms with van der Waals surface area (Å²) in [6.07, 6.45) is 7.95. The first-order valence-corrected chi connectivity index (χ1v) is 18.5. The summed E-state index contributed by atoms with van der Waals surface area (Å²) >= 11 is 1.40. The SMILES string of the molecule is COc1ccc(Sc2nc(N)nc3c2ncn3CCOCP(=O)(OC(OC=O)C2CCCCC2)OC(OC=O)C2CCCCC2)cc1. The highest BCUT2D eigenvalue weighted by molar-refractivity contribution is 7.99. The number of nitrogens with zero attached hydrogens (tertiary/aromatic N) is 4. The van der Waals surface area contributed by atoms with Gasteiger partial charge in [-0.3, -0.25) is 23.2 Å². The molecule has 256 valence electrons. The zero-order chi connectivity index (χ0) is 33.1. The van der Waals surface area contributed by atoms with Crippen LogP contribution in [-0.4, -0.2) is 65.1 Å². The quantitative estimate of drug-likeness (QED) is 0.0546. The Morgan fingerprint density at radius 3 is 2.09 bits per heavy atom. The highest BCUT2D eigenvalue weighted by Crippen LogP contribution is 2.54. The standard InChI is InChI=1S/C31H42N5O9PS/c1-40-24-12-14-25(15-13-24)47-28-26-27(34-31(32)35-28)36(18-33-26)16-17-41-21-46(39,44-29(42-19-37)22-8-4-2-5-9-22)45-30(43-20-38)23-10-6-3-7-11-23/h12-15,18-20,22-23,29-30H,2-11,16-17,21H2,1H3,(H2,32,34,35). The molecule has 14 nitrogen and oxygen atoms in total. The van der Waals surface area contributed by atoms with E-state index in [1.807, 2.05) is 24.3 Å². The summed E-state index contributed by atoms with van der Waals surface area (Å²) in [5, 5.41) is 0.594. The number of rotatable bonds is 18. The molecule has 2 aliphatic carbocycles. The first-order chi connectivity index (χ1) is 22.9. The monoisotopic (exact) mass is 691 g/mol. The fourth-order valence-corrected chi connectivity index (χ4v) is 8.51. The zero-order valence-electron chi connectivity index (χ0n) is 26.4. The fraction of sp³-hybridized carbons (Fsp3) is 0.581. The van der Waals surface area contributed by atoms with E-state index in [0.29, 0.717) is 29.1 Å². The van der Waals surface area contributed by atoms with Crippen LogP contribution in [0.5, 0.6) is 5.75 Å². The third kappa shape index (κ3) is 9.66. The number of methoxy groups -OCH3 is 1. The van der Waals surface area contributed by atoms with Crippen molar-refractivity contribution >= 4 is 49.4 Å². The highest BCUT2D eigenvalue weighted by atomic mass is 32.2. The molecule has 2 heterocycles. The van der Waals surface area contributed by atoms with Gasteiger partial charge in [-0.05, 0) is 49.9 Å². The van der Waals surface area contributed by atoms with Crippen LogP contribution in [0.3, 0.4) is 0 Å². The van der Waals surface area contributed by atoms with Gasteiger partial charge >= 0.3 is 7.60 Å². The van der Waals surface area contributed by atoms with Crippen molar-refractivity contribution in [1.29, 1.82) is 0 Å². The van der Waals surface area contributed by atoms with Crippen molar-refractivity contribution in [1.82, 2.24) is 19.5 Å². The lowest BCUT2D eigenvalue weighted by Gasteiger charge is -2.34. The molecule has 16 heteroatoms. The molecular formula is C31H42N5O9PS. The van der Waals surface area contributed by atoms with Crippen LogP contribution in [0.1, 0.15) is 64.2 Å². The van der Waals surface area contributed by atoms with E-state index in [1.54, 1.807) is 18.0 Å². The van der Waals surface area contributed by atoms with E-state index in [2.05, 4.69) is 15.0 Å². The number of nitrogen functional groups attached to an aromatic ring is 1. The molecule has 0 bridgehead atoms. The van der Waals surface area contributed by atoms with Crippen LogP contribution in [0, 0.1) is 11.8 Å². The molecule has 2 unspecified atom stereocenters. The Balaban J connectivity index is 1.28. The molecule has 2 fully saturated rings. The van der Waals surface area contributed by atoms with E-state index in [-0.39, 0.29) is 30.9 Å². The van der Waals surface area contributed by atoms with Gasteiger partial charge in [0.25, 0.3) is 12.9 Å². The first kappa shape index (κ1) is 35.1. The van der Waals surface area contributed by atoms with Gasteiger partial charge in [0.1, 0.15) is 22.6 Å². The average molecular weight is 692 g/mol. The van der Waals surface area contributed by atoms with Crippen LogP contribution in [0.2, 0.25) is 0 Å². The summed E-state index contributed by atoms with van der Waals surface area (Å²) in [4.78, 5) is 37.1. The van der Waals surface area contributed by atoms with E-state index >= 15 is 0 Å². The van der Waals surface area contributed by atoms with E-state index in [0.717, 1.165) is 74.9 Å². The van der Waals surface area contributed by atoms with Crippen molar-refractivity contribution < 1.29 is 42.1 Å². The minimum Gasteiger partial charge on any atom is -0.497 e. The molecule has 2 aliphatic rings. The Morgan fingerprint density at radius 1 is 0.936 bits per heavy atom. The summed E-state index contributed by atoms with van der Waals surface area (Å²) in [5.41, 5.74) is 7.14. The predicted octanol–water partition coefficient (Wildman–Crippen LogP) is 5.93. The Kier molecular flexibility index (Phi) is 12.9. The Labute approximate surface area is 277 Å². The van der Waals surface area contributed by atoms with Gasteiger partial charge in [0, 0.05) is 23.3 Å². The molecule has 5 rings (SSSR count). The fourth-order valence-electron chi connectivity index (χ4n) is 6.03. The lowest BCUT2D eigenvalue weighted by atomic mass is 9.89. The van der Waals surface area contributed by atoms with Crippen LogP contribution < -0.4 is 10.5 Å². The van der Waals surface area contributed by atoms with Crippen LogP contribution in [0.15, 0.2) is 40.5 Å². The van der Waals surface area contributed by atoms with E-state index in [4.69, 9.17) is 33.7 Å². The average Bonchev–Trinajstić information content (AvgIpc) is 3.50. The summed E-state index contributed by atoms with van der Waals surface area (Å²) in [6, 6.07) is 7.55. The highest BCUT2D eigenvalue weighted by Gasteiger charge is 2.40. The van der Waals surface area contributed by atoms with Crippen molar-refractivity contribution in [3.05, 3.63) is 30.6 Å². The van der Waals surface area contributed by atoms with Crippen molar-refractivity contribution in [2.45, 2.75) is 93.3 Å². The molecule has 0 aliphatic heterocycles. The van der Waals surface area contributed by atoms with E-state index < -0.39 is 26.5 Å². The second-order valence-electron chi connectivity index (χ2n) is 11.6. The van der Waals surface area contributed by atoms with Gasteiger partial charge in [-0.1, -0.05) is 50.3 Å². The number of carbonyl (C=O) groups is 2. The maximum atomic E-state index is 14.3. The number of aromatic nitrogens is 4. The molecule has 2 N–H and O–H groups in total. The molecule has 2 aromatic heterocycles. The number of carbonyl (C=O) groups excluding carboxylic acids is 2. The zero-order valence-corrected chi connectivity index (χ0v) is 28.2. The largest absolute Gasteiger partial charge is 0.497 e. The molecule has 2 saturated carbocycles. The van der Waals surface area contributed by atoms with Crippen LogP contribution >= 0.6 is 19.4 Å². The number of ether oxygens (including phenoxy) is 4. The van der Waals surface area contributed by atoms with Gasteiger partial charge in [-0.2, -0.15) is 4.98 Å². The molecule has 1 aromatic carbocycles. The van der Waals surface area contributed by atoms with Crippen LogP contribution in [0.4, 0.5) is 5.95 Å². The topological polar surface area (TPSA) is 176 Å². The molecule has 0 saturated heterocycles. The maximum Gasteiger partial charge on any atom is 0.362 e. The number of imidazole rings is 1. The number of anilines is 1. The maximum absolute atomic E-state index is 14.3. The molecule has 2 atom stereocenters. The lowest BCUT2D eigenvalue weighted by molar-refractivity contribution is -0.170. The first-order valence-electron chi connectivity index (χ1n) is 15.9. The minimum atomic E-state index is -4.11. The summed E-state index contributed by atoms with van der Waals surface area (Å²) in [6.45, 7) is 0.958. The van der Waals surface area contributed by atoms with Gasteiger partial charge in [-0.15, -0.1) is 0 Å². The number of benzene rings is 1. The summed E-state index contributed by atoms with van der Waals surface area (Å²) in [7, 11) is -2.50. The smallest absolute Gasteiger partial charge is 0.362 e. The number of nitrogens with two attached hydrogens (primary N) is 1. The van der Waals surface area contributed by atoms with Crippen molar-refractivity contribution in [2.75, 3.05) is 25.8 Å². The van der Waals surface area contributed by atoms with Crippen molar-refractivity contribution in [3.8, 4) is 5.75 Å². The van der Waals surface area contributed by atoms with Gasteiger partial charge < -0.3 is 29.2 Å². The van der Waals surface area contributed by atoms with Gasteiger partial charge in [0.15, 0.2) is 5.65 Å². The van der Waals surface area contributed by atoms with Gasteiger partial charge in [-0.25, -0.2) is 9.97 Å². The Morgan fingerprint density at radius 2 is 1.53 bits per heavy atom. The van der Waals surface area contributed by atoms with E-state index in [1.165, 1.54) is 11.8 Å². The van der Waals surface area contributed by atoms with Gasteiger partial charge in [0.2, 0.25) is 18.5 Å². The molecule has 0 spiro atoms. The molecule has 3 aromatic rings.